The number of phenolic OH excluding ortho intramolecular Hbond substituents is 1. The minimum Gasteiger partial charge on any atom is -0.507 e. The first-order chi connectivity index (χ1) is 10.0. The van der Waals surface area contributed by atoms with Crippen LogP contribution in [0.2, 0.25) is 5.02 Å². The quantitative estimate of drug-likeness (QED) is 0.794. The first-order valence-corrected chi connectivity index (χ1v) is 6.97. The highest BCUT2D eigenvalue weighted by molar-refractivity contribution is 6.30. The number of hydrogen-bond acceptors (Lipinski definition) is 3. The van der Waals surface area contributed by atoms with Crippen LogP contribution in [0, 0.1) is 12.7 Å². The predicted molar refractivity (Wildman–Crippen MR) is 80.9 cm³/mol. The lowest BCUT2D eigenvalue weighted by Gasteiger charge is -2.18. The highest BCUT2D eigenvalue weighted by atomic mass is 35.5. The van der Waals surface area contributed by atoms with Gasteiger partial charge < -0.3 is 15.5 Å². The minimum atomic E-state index is -0.521. The Hall–Kier alpha value is -1.62. The normalized spacial score (nSPS) is 12.4. The maximum Gasteiger partial charge on any atom is 0.142 e. The summed E-state index contributed by atoms with van der Waals surface area (Å²) in [6, 6.07) is 9.45. The van der Waals surface area contributed by atoms with Crippen LogP contribution in [0.25, 0.3) is 0 Å². The van der Waals surface area contributed by atoms with Crippen molar-refractivity contribution in [3.05, 3.63) is 63.9 Å². The van der Waals surface area contributed by atoms with Crippen molar-refractivity contribution >= 4 is 11.6 Å². The summed E-state index contributed by atoms with van der Waals surface area (Å²) in [5.41, 5.74) is 2.11. The van der Waals surface area contributed by atoms with E-state index in [1.807, 2.05) is 19.1 Å². The zero-order chi connectivity index (χ0) is 15.4. The Morgan fingerprint density at radius 1 is 1.29 bits per heavy atom. The van der Waals surface area contributed by atoms with Gasteiger partial charge in [-0.2, -0.15) is 0 Å². The van der Waals surface area contributed by atoms with Gasteiger partial charge in [-0.15, -0.1) is 0 Å². The van der Waals surface area contributed by atoms with E-state index in [1.54, 1.807) is 12.1 Å². The lowest BCUT2D eigenvalue weighted by molar-refractivity contribution is 0.243. The zero-order valence-electron chi connectivity index (χ0n) is 11.6. The molecule has 2 aromatic rings. The van der Waals surface area contributed by atoms with Gasteiger partial charge in [-0.1, -0.05) is 35.9 Å². The van der Waals surface area contributed by atoms with Crippen LogP contribution in [-0.4, -0.2) is 16.8 Å². The van der Waals surface area contributed by atoms with Crippen molar-refractivity contribution in [1.82, 2.24) is 5.32 Å². The second-order valence-corrected chi connectivity index (χ2v) is 5.28. The highest BCUT2D eigenvalue weighted by Crippen LogP contribution is 2.23. The summed E-state index contributed by atoms with van der Waals surface area (Å²) in [4.78, 5) is 0. The molecule has 2 aromatic carbocycles. The summed E-state index contributed by atoms with van der Waals surface area (Å²) >= 11 is 5.65. The number of aliphatic hydroxyl groups excluding tert-OH is 1. The maximum absolute atomic E-state index is 13.5. The molecule has 0 amide bonds. The Labute approximate surface area is 128 Å². The van der Waals surface area contributed by atoms with Crippen LogP contribution in [0.4, 0.5) is 4.39 Å². The molecule has 0 radical (unpaired) electrons. The summed E-state index contributed by atoms with van der Waals surface area (Å²) in [5, 5.41) is 22.6. The molecule has 0 aliphatic heterocycles. The molecule has 0 saturated heterocycles. The van der Waals surface area contributed by atoms with Crippen molar-refractivity contribution in [2.24, 2.45) is 0 Å². The first-order valence-electron chi connectivity index (χ1n) is 6.59. The van der Waals surface area contributed by atoms with Gasteiger partial charge in [0.25, 0.3) is 0 Å². The molecule has 2 rings (SSSR count). The van der Waals surface area contributed by atoms with E-state index in [-0.39, 0.29) is 17.4 Å². The second kappa shape index (κ2) is 6.89. The summed E-state index contributed by atoms with van der Waals surface area (Å²) < 4.78 is 13.5. The Morgan fingerprint density at radius 3 is 2.71 bits per heavy atom. The van der Waals surface area contributed by atoms with Crippen molar-refractivity contribution in [1.29, 1.82) is 0 Å². The molecule has 21 heavy (non-hydrogen) atoms. The summed E-state index contributed by atoms with van der Waals surface area (Å²) in [5.74, 6) is -0.295. The second-order valence-electron chi connectivity index (χ2n) is 4.87. The van der Waals surface area contributed by atoms with Gasteiger partial charge in [0.2, 0.25) is 0 Å². The third-order valence-corrected chi connectivity index (χ3v) is 3.70. The number of hydrogen-bond donors (Lipinski definition) is 3. The molecule has 0 fully saturated rings. The fourth-order valence-corrected chi connectivity index (χ4v) is 2.23. The fourth-order valence-electron chi connectivity index (χ4n) is 2.11. The molecule has 0 spiro atoms. The van der Waals surface area contributed by atoms with Gasteiger partial charge in [-0.05, 0) is 30.2 Å². The van der Waals surface area contributed by atoms with Crippen LogP contribution in [-0.2, 0) is 6.54 Å². The van der Waals surface area contributed by atoms with E-state index < -0.39 is 11.9 Å². The smallest absolute Gasteiger partial charge is 0.142 e. The molecule has 5 heteroatoms. The number of nitrogens with one attached hydrogen (secondary N) is 1. The molecule has 3 nitrogen and oxygen atoms in total. The summed E-state index contributed by atoms with van der Waals surface area (Å²) in [6.45, 7) is 1.99. The molecule has 0 aliphatic rings. The van der Waals surface area contributed by atoms with E-state index in [0.717, 1.165) is 11.1 Å². The van der Waals surface area contributed by atoms with Crippen molar-refractivity contribution in [3.8, 4) is 5.75 Å². The standard InChI is InChI=1S/C16H17ClFNO2/c1-10-3-2-4-12(16(10)21)8-19-15(9-20)11-5-6-13(17)14(18)7-11/h2-7,15,19-21H,8-9H2,1H3. The van der Waals surface area contributed by atoms with Crippen molar-refractivity contribution < 1.29 is 14.6 Å². The average molecular weight is 310 g/mol. The van der Waals surface area contributed by atoms with Crippen LogP contribution in [0.3, 0.4) is 0 Å². The van der Waals surface area contributed by atoms with Crippen LogP contribution < -0.4 is 5.32 Å². The minimum absolute atomic E-state index is 0.0479. The molecule has 3 N–H and O–H groups in total. The molecule has 0 aliphatic carbocycles. The van der Waals surface area contributed by atoms with Gasteiger partial charge in [-0.25, -0.2) is 4.39 Å². The van der Waals surface area contributed by atoms with Gasteiger partial charge in [-0.3, -0.25) is 0 Å². The van der Waals surface area contributed by atoms with Crippen molar-refractivity contribution in [2.75, 3.05) is 6.61 Å². The number of aromatic hydroxyl groups is 1. The van der Waals surface area contributed by atoms with Crippen LogP contribution in [0.15, 0.2) is 36.4 Å². The van der Waals surface area contributed by atoms with Crippen LogP contribution in [0.5, 0.6) is 5.75 Å². The van der Waals surface area contributed by atoms with E-state index in [9.17, 15) is 14.6 Å². The predicted octanol–water partition coefficient (Wildman–Crippen LogP) is 3.32. The summed E-state index contributed by atoms with van der Waals surface area (Å²) in [7, 11) is 0. The Balaban J connectivity index is 2.12. The molecule has 0 heterocycles. The van der Waals surface area contributed by atoms with E-state index in [4.69, 9.17) is 11.6 Å². The number of rotatable bonds is 5. The van der Waals surface area contributed by atoms with Crippen molar-refractivity contribution in [3.63, 3.8) is 0 Å². The van der Waals surface area contributed by atoms with E-state index >= 15 is 0 Å². The molecule has 0 bridgehead atoms. The topological polar surface area (TPSA) is 52.5 Å². The lowest BCUT2D eigenvalue weighted by Crippen LogP contribution is -2.24. The largest absolute Gasteiger partial charge is 0.507 e. The number of aryl methyl sites for hydroxylation is 1. The molecular weight excluding hydrogens is 293 g/mol. The lowest BCUT2D eigenvalue weighted by atomic mass is 10.1. The van der Waals surface area contributed by atoms with E-state index in [0.29, 0.717) is 12.1 Å². The van der Waals surface area contributed by atoms with Gasteiger partial charge >= 0.3 is 0 Å². The number of benzene rings is 2. The number of aliphatic hydroxyl groups is 1. The number of halogens is 2. The van der Waals surface area contributed by atoms with E-state index in [2.05, 4.69) is 5.32 Å². The van der Waals surface area contributed by atoms with Crippen molar-refractivity contribution in [2.45, 2.75) is 19.5 Å². The molecule has 0 saturated carbocycles. The van der Waals surface area contributed by atoms with Crippen LogP contribution >= 0.6 is 11.6 Å². The van der Waals surface area contributed by atoms with Gasteiger partial charge in [0, 0.05) is 12.1 Å². The number of phenols is 1. The monoisotopic (exact) mass is 309 g/mol. The Bertz CT molecular complexity index is 634. The van der Waals surface area contributed by atoms with Gasteiger partial charge in [0.05, 0.1) is 17.7 Å². The van der Waals surface area contributed by atoms with Gasteiger partial charge in [0.15, 0.2) is 0 Å². The third-order valence-electron chi connectivity index (χ3n) is 3.39. The zero-order valence-corrected chi connectivity index (χ0v) is 12.4. The third kappa shape index (κ3) is 3.73. The molecule has 112 valence electrons. The maximum atomic E-state index is 13.5. The fraction of sp³-hybridized carbons (Fsp3) is 0.250. The number of para-hydroxylation sites is 1. The molecular formula is C16H17ClFNO2. The Morgan fingerprint density at radius 2 is 2.05 bits per heavy atom. The Kier molecular flexibility index (Phi) is 5.17. The molecule has 1 atom stereocenters. The SMILES string of the molecule is Cc1cccc(CNC(CO)c2ccc(Cl)c(F)c2)c1O. The average Bonchev–Trinajstić information content (AvgIpc) is 2.47. The van der Waals surface area contributed by atoms with E-state index in [1.165, 1.54) is 12.1 Å². The summed E-state index contributed by atoms with van der Waals surface area (Å²) in [6.07, 6.45) is 0. The molecule has 0 aromatic heterocycles. The van der Waals surface area contributed by atoms with Gasteiger partial charge in [0.1, 0.15) is 11.6 Å². The van der Waals surface area contributed by atoms with Crippen LogP contribution in [0.1, 0.15) is 22.7 Å². The first kappa shape index (κ1) is 15.8. The highest BCUT2D eigenvalue weighted by Gasteiger charge is 2.13. The molecule has 1 unspecified atom stereocenters.